The Morgan fingerprint density at radius 3 is 2.37 bits per heavy atom. The lowest BCUT2D eigenvalue weighted by Gasteiger charge is -2.05. The van der Waals surface area contributed by atoms with Gasteiger partial charge in [-0.15, -0.1) is 0 Å². The van der Waals surface area contributed by atoms with Crippen LogP contribution < -0.4 is 15.2 Å². The molecule has 0 bridgehead atoms. The summed E-state index contributed by atoms with van der Waals surface area (Å²) in [6, 6.07) is 11.4. The van der Waals surface area contributed by atoms with Gasteiger partial charge in [-0.25, -0.2) is 0 Å². The van der Waals surface area contributed by atoms with Crippen molar-refractivity contribution in [3.63, 3.8) is 0 Å². The molecule has 1 aromatic heterocycles. The monoisotopic (exact) mass is 261 g/mol. The van der Waals surface area contributed by atoms with Gasteiger partial charge in [0.1, 0.15) is 29.6 Å². The van der Waals surface area contributed by atoms with Crippen molar-refractivity contribution in [3.8, 4) is 11.5 Å². The van der Waals surface area contributed by atoms with E-state index in [0.717, 1.165) is 35.9 Å². The highest BCUT2D eigenvalue weighted by atomic mass is 16.5. The van der Waals surface area contributed by atoms with E-state index in [1.54, 1.807) is 7.11 Å². The standard InChI is InChI=1S/C15H19NO3/c1-17-12-4-6-13(7-5-12)18-11-15-9-8-14(19-15)3-2-10-16/h4-9H,2-3,10-11,16H2,1H3. The highest BCUT2D eigenvalue weighted by Gasteiger charge is 2.03. The summed E-state index contributed by atoms with van der Waals surface area (Å²) in [5.74, 6) is 3.39. The Morgan fingerprint density at radius 1 is 1.00 bits per heavy atom. The van der Waals surface area contributed by atoms with Gasteiger partial charge in [-0.3, -0.25) is 0 Å². The third-order valence-electron chi connectivity index (χ3n) is 2.79. The number of furan rings is 1. The maximum Gasteiger partial charge on any atom is 0.146 e. The first-order valence-electron chi connectivity index (χ1n) is 6.36. The molecule has 2 N–H and O–H groups in total. The Kier molecular flexibility index (Phi) is 4.86. The summed E-state index contributed by atoms with van der Waals surface area (Å²) in [7, 11) is 1.64. The van der Waals surface area contributed by atoms with Crippen LogP contribution in [0.4, 0.5) is 0 Å². The molecule has 1 aromatic carbocycles. The van der Waals surface area contributed by atoms with Gasteiger partial charge >= 0.3 is 0 Å². The van der Waals surface area contributed by atoms with E-state index in [9.17, 15) is 0 Å². The predicted molar refractivity (Wildman–Crippen MR) is 73.4 cm³/mol. The molecule has 102 valence electrons. The number of hydrogen-bond donors (Lipinski definition) is 1. The van der Waals surface area contributed by atoms with Crippen LogP contribution in [0.15, 0.2) is 40.8 Å². The van der Waals surface area contributed by atoms with Crippen LogP contribution in [0.3, 0.4) is 0 Å². The average molecular weight is 261 g/mol. The molecule has 0 saturated carbocycles. The maximum absolute atomic E-state index is 5.65. The smallest absolute Gasteiger partial charge is 0.146 e. The van der Waals surface area contributed by atoms with Gasteiger partial charge in [-0.05, 0) is 49.4 Å². The van der Waals surface area contributed by atoms with E-state index in [1.807, 2.05) is 36.4 Å². The van der Waals surface area contributed by atoms with E-state index in [1.165, 1.54) is 0 Å². The number of hydrogen-bond acceptors (Lipinski definition) is 4. The van der Waals surface area contributed by atoms with Crippen LogP contribution in [0, 0.1) is 0 Å². The Hall–Kier alpha value is -1.94. The first-order chi connectivity index (χ1) is 9.31. The van der Waals surface area contributed by atoms with Gasteiger partial charge in [0.25, 0.3) is 0 Å². The molecule has 0 aliphatic carbocycles. The van der Waals surface area contributed by atoms with E-state index in [2.05, 4.69) is 0 Å². The Bertz CT molecular complexity index is 490. The van der Waals surface area contributed by atoms with Crippen LogP contribution in [-0.2, 0) is 13.0 Å². The summed E-state index contributed by atoms with van der Waals surface area (Å²) in [5, 5.41) is 0. The van der Waals surface area contributed by atoms with Gasteiger partial charge in [-0.2, -0.15) is 0 Å². The normalized spacial score (nSPS) is 10.4. The molecule has 0 aliphatic rings. The Morgan fingerprint density at radius 2 is 1.68 bits per heavy atom. The molecule has 0 fully saturated rings. The number of ether oxygens (including phenoxy) is 2. The molecular weight excluding hydrogens is 242 g/mol. The molecule has 0 aliphatic heterocycles. The maximum atomic E-state index is 5.65. The lowest BCUT2D eigenvalue weighted by molar-refractivity contribution is 0.265. The minimum atomic E-state index is 0.426. The van der Waals surface area contributed by atoms with Crippen LogP contribution in [0.25, 0.3) is 0 Å². The summed E-state index contributed by atoms with van der Waals surface area (Å²) in [6.45, 7) is 1.10. The second-order valence-electron chi connectivity index (χ2n) is 4.22. The van der Waals surface area contributed by atoms with Crippen LogP contribution >= 0.6 is 0 Å². The summed E-state index contributed by atoms with van der Waals surface area (Å²) >= 11 is 0. The second-order valence-corrected chi connectivity index (χ2v) is 4.22. The highest BCUT2D eigenvalue weighted by Crippen LogP contribution is 2.19. The van der Waals surface area contributed by atoms with Crippen molar-refractivity contribution in [2.75, 3.05) is 13.7 Å². The molecule has 2 rings (SSSR count). The van der Waals surface area contributed by atoms with Gasteiger partial charge in [0.15, 0.2) is 0 Å². The largest absolute Gasteiger partial charge is 0.497 e. The van der Waals surface area contributed by atoms with E-state index in [-0.39, 0.29) is 0 Å². The highest BCUT2D eigenvalue weighted by molar-refractivity contribution is 5.31. The molecule has 0 spiro atoms. The summed E-state index contributed by atoms with van der Waals surface area (Å²) in [6.07, 6.45) is 1.81. The van der Waals surface area contributed by atoms with Crippen molar-refractivity contribution < 1.29 is 13.9 Å². The molecular formula is C15H19NO3. The van der Waals surface area contributed by atoms with Crippen molar-refractivity contribution in [2.45, 2.75) is 19.4 Å². The van der Waals surface area contributed by atoms with Crippen LogP contribution in [0.2, 0.25) is 0 Å². The fourth-order valence-corrected chi connectivity index (χ4v) is 1.74. The van der Waals surface area contributed by atoms with Gasteiger partial charge in [0, 0.05) is 6.42 Å². The number of nitrogens with two attached hydrogens (primary N) is 1. The lowest BCUT2D eigenvalue weighted by atomic mass is 10.2. The minimum Gasteiger partial charge on any atom is -0.497 e. The van der Waals surface area contributed by atoms with Crippen molar-refractivity contribution in [1.82, 2.24) is 0 Å². The third-order valence-corrected chi connectivity index (χ3v) is 2.79. The topological polar surface area (TPSA) is 57.6 Å². The summed E-state index contributed by atoms with van der Waals surface area (Å²) in [5.41, 5.74) is 5.46. The van der Waals surface area contributed by atoms with E-state index >= 15 is 0 Å². The SMILES string of the molecule is COc1ccc(OCc2ccc(CCCN)o2)cc1. The number of methoxy groups -OCH3 is 1. The molecule has 1 heterocycles. The third kappa shape index (κ3) is 4.03. The quantitative estimate of drug-likeness (QED) is 0.832. The first-order valence-corrected chi connectivity index (χ1v) is 6.36. The zero-order valence-electron chi connectivity index (χ0n) is 11.1. The van der Waals surface area contributed by atoms with Crippen LogP contribution in [0.1, 0.15) is 17.9 Å². The molecule has 0 atom stereocenters. The summed E-state index contributed by atoms with van der Waals surface area (Å²) < 4.78 is 16.4. The zero-order valence-corrected chi connectivity index (χ0v) is 11.1. The summed E-state index contributed by atoms with van der Waals surface area (Å²) in [4.78, 5) is 0. The van der Waals surface area contributed by atoms with Crippen LogP contribution in [-0.4, -0.2) is 13.7 Å². The Balaban J connectivity index is 1.85. The second kappa shape index (κ2) is 6.85. The van der Waals surface area contributed by atoms with Crippen molar-refractivity contribution in [3.05, 3.63) is 47.9 Å². The van der Waals surface area contributed by atoms with Crippen molar-refractivity contribution >= 4 is 0 Å². The van der Waals surface area contributed by atoms with E-state index in [4.69, 9.17) is 19.6 Å². The van der Waals surface area contributed by atoms with Crippen LogP contribution in [0.5, 0.6) is 11.5 Å². The Labute approximate surface area is 113 Å². The number of rotatable bonds is 7. The molecule has 2 aromatic rings. The molecule has 4 heteroatoms. The van der Waals surface area contributed by atoms with Crippen molar-refractivity contribution in [2.24, 2.45) is 5.73 Å². The molecule has 0 unspecified atom stereocenters. The van der Waals surface area contributed by atoms with Gasteiger partial charge in [0.05, 0.1) is 7.11 Å². The molecule has 0 amide bonds. The molecule has 0 radical (unpaired) electrons. The minimum absolute atomic E-state index is 0.426. The number of benzene rings is 1. The molecule has 4 nitrogen and oxygen atoms in total. The number of aryl methyl sites for hydroxylation is 1. The van der Waals surface area contributed by atoms with E-state index < -0.39 is 0 Å². The lowest BCUT2D eigenvalue weighted by Crippen LogP contribution is -1.99. The van der Waals surface area contributed by atoms with Gasteiger partial charge in [-0.1, -0.05) is 0 Å². The fraction of sp³-hybridized carbons (Fsp3) is 0.333. The molecule has 0 saturated heterocycles. The average Bonchev–Trinajstić information content (AvgIpc) is 2.91. The van der Waals surface area contributed by atoms with E-state index in [0.29, 0.717) is 13.2 Å². The fourth-order valence-electron chi connectivity index (χ4n) is 1.74. The van der Waals surface area contributed by atoms with Gasteiger partial charge < -0.3 is 19.6 Å². The van der Waals surface area contributed by atoms with Crippen molar-refractivity contribution in [1.29, 1.82) is 0 Å². The zero-order chi connectivity index (χ0) is 13.5. The predicted octanol–water partition coefficient (Wildman–Crippen LogP) is 2.76. The first kappa shape index (κ1) is 13.5. The van der Waals surface area contributed by atoms with Gasteiger partial charge in [0.2, 0.25) is 0 Å². The molecule has 19 heavy (non-hydrogen) atoms.